The Morgan fingerprint density at radius 2 is 2.02 bits per heavy atom. The molecule has 41 heavy (non-hydrogen) atoms. The highest BCUT2D eigenvalue weighted by atomic mass is 32.2. The third-order valence-electron chi connectivity index (χ3n) is 6.78. The number of aromatic nitrogens is 1. The van der Waals surface area contributed by atoms with Gasteiger partial charge in [-0.1, -0.05) is 64.3 Å². The maximum atomic E-state index is 13.3. The minimum absolute atomic E-state index is 0.0661. The molecule has 0 aromatic carbocycles. The largest absolute Gasteiger partial charge is 0.456 e. The number of aliphatic imine (C=N–C) groups is 1. The van der Waals surface area contributed by atoms with Gasteiger partial charge in [-0.25, -0.2) is 9.78 Å². The van der Waals surface area contributed by atoms with Crippen molar-refractivity contribution in [3.8, 4) is 0 Å². The molecule has 0 saturated heterocycles. The normalized spacial score (nSPS) is 23.8. The predicted octanol–water partition coefficient (Wildman–Crippen LogP) is 5.03. The Bertz CT molecular complexity index is 1140. The van der Waals surface area contributed by atoms with Crippen LogP contribution in [0.4, 0.5) is 0 Å². The maximum Gasteiger partial charge on any atom is 0.329 e. The molecular weight excluding hydrogens is 581 g/mol. The van der Waals surface area contributed by atoms with E-state index in [2.05, 4.69) is 27.5 Å². The zero-order chi connectivity index (χ0) is 29.8. The molecule has 3 rings (SSSR count). The first-order valence-corrected chi connectivity index (χ1v) is 17.2. The van der Waals surface area contributed by atoms with Gasteiger partial charge in [-0.2, -0.15) is 0 Å². The van der Waals surface area contributed by atoms with E-state index in [0.29, 0.717) is 35.1 Å². The molecule has 1 aromatic rings. The highest BCUT2D eigenvalue weighted by molar-refractivity contribution is 8.14. The van der Waals surface area contributed by atoms with E-state index in [0.717, 1.165) is 17.8 Å². The number of rotatable bonds is 11. The zero-order valence-corrected chi connectivity index (χ0v) is 26.9. The Hall–Kier alpha value is -2.18. The van der Waals surface area contributed by atoms with E-state index in [-0.39, 0.29) is 35.8 Å². The minimum atomic E-state index is -1.04. The SMILES string of the molecule is CCCCCCCC(=O)SCC/C=C/C1CC(=O)NCc2nc(cs2)C2=N[C@](C)(CS2)C(=O)N[C@@H](C(C)C)C(=O)O1. The van der Waals surface area contributed by atoms with Gasteiger partial charge >= 0.3 is 5.97 Å². The van der Waals surface area contributed by atoms with Crippen LogP contribution in [0.3, 0.4) is 0 Å². The fraction of sp³-hybridized carbons (Fsp3) is 0.655. The van der Waals surface area contributed by atoms with Crippen molar-refractivity contribution in [3.05, 3.63) is 28.2 Å². The Labute approximate surface area is 255 Å². The number of nitrogens with one attached hydrogen (secondary N) is 2. The fourth-order valence-electron chi connectivity index (χ4n) is 4.26. The topological polar surface area (TPSA) is 127 Å². The number of carbonyl (C=O) groups is 4. The number of thioether (sulfide) groups is 2. The molecule has 2 aliphatic heterocycles. The summed E-state index contributed by atoms with van der Waals surface area (Å²) in [6.07, 6.45) is 9.42. The van der Waals surface area contributed by atoms with Crippen molar-refractivity contribution < 1.29 is 23.9 Å². The molecule has 12 heteroatoms. The van der Waals surface area contributed by atoms with E-state index in [9.17, 15) is 19.2 Å². The van der Waals surface area contributed by atoms with Gasteiger partial charge in [-0.05, 0) is 31.8 Å². The monoisotopic (exact) mass is 622 g/mol. The molecule has 9 nitrogen and oxygen atoms in total. The predicted molar refractivity (Wildman–Crippen MR) is 167 cm³/mol. The third-order valence-corrected chi connectivity index (χ3v) is 9.87. The first kappa shape index (κ1) is 33.3. The van der Waals surface area contributed by atoms with E-state index in [4.69, 9.17) is 4.74 Å². The number of fused-ring (bicyclic) bond motifs is 4. The van der Waals surface area contributed by atoms with Gasteiger partial charge in [-0.15, -0.1) is 23.1 Å². The number of ether oxygens (including phenoxy) is 1. The lowest BCUT2D eigenvalue weighted by Gasteiger charge is -2.27. The number of amides is 2. The van der Waals surface area contributed by atoms with Gasteiger partial charge in [-0.3, -0.25) is 19.4 Å². The summed E-state index contributed by atoms with van der Waals surface area (Å²) in [6.45, 7) is 7.83. The van der Waals surface area contributed by atoms with Crippen molar-refractivity contribution in [1.82, 2.24) is 15.6 Å². The van der Waals surface area contributed by atoms with Crippen LogP contribution in [0.25, 0.3) is 0 Å². The number of cyclic esters (lactones) is 1. The fourth-order valence-corrected chi connectivity index (χ4v) is 6.96. The summed E-state index contributed by atoms with van der Waals surface area (Å²) in [6, 6.07) is -0.896. The molecule has 1 aromatic heterocycles. The number of carbonyl (C=O) groups excluding carboxylic acids is 4. The van der Waals surface area contributed by atoms with Gasteiger partial charge < -0.3 is 15.4 Å². The van der Waals surface area contributed by atoms with E-state index < -0.39 is 23.7 Å². The Morgan fingerprint density at radius 1 is 1.24 bits per heavy atom. The Balaban J connectivity index is 1.66. The van der Waals surface area contributed by atoms with Crippen molar-refractivity contribution in [2.75, 3.05) is 11.5 Å². The molecule has 1 unspecified atom stereocenters. The van der Waals surface area contributed by atoms with Crippen molar-refractivity contribution in [3.63, 3.8) is 0 Å². The molecular formula is C29H42N4O5S3. The van der Waals surface area contributed by atoms with Gasteiger partial charge in [0, 0.05) is 23.3 Å². The standard InChI is InChI=1S/C29H42N4O5S3/c1-5-6-7-8-9-13-24(35)39-14-11-10-12-20-15-22(34)30-16-23-31-21(17-40-23)26-33-29(4,18-41-26)28(37)32-25(19(2)3)27(36)38-20/h10,12,17,19-20,25H,5-9,11,13-16,18H2,1-4H3,(H,30,34)(H,32,37)/b12-10+/t20?,25-,29+/m0/s1. The Kier molecular flexibility index (Phi) is 13.4. The summed E-state index contributed by atoms with van der Waals surface area (Å²) >= 11 is 4.18. The Morgan fingerprint density at radius 3 is 2.78 bits per heavy atom. The van der Waals surface area contributed by atoms with E-state index in [1.54, 1.807) is 13.0 Å². The first-order valence-electron chi connectivity index (χ1n) is 14.4. The average Bonchev–Trinajstić information content (AvgIpc) is 3.56. The molecule has 4 bridgehead atoms. The minimum Gasteiger partial charge on any atom is -0.456 e. The van der Waals surface area contributed by atoms with Crippen molar-refractivity contribution in [2.24, 2.45) is 10.9 Å². The number of allylic oxidation sites excluding steroid dienone is 1. The molecule has 0 saturated carbocycles. The van der Waals surface area contributed by atoms with Crippen LogP contribution < -0.4 is 10.6 Å². The van der Waals surface area contributed by atoms with Crippen LogP contribution in [0.5, 0.6) is 0 Å². The van der Waals surface area contributed by atoms with Crippen LogP contribution in [0.15, 0.2) is 22.5 Å². The number of nitrogens with zero attached hydrogens (tertiary/aromatic N) is 2. The third kappa shape index (κ3) is 10.6. The molecule has 2 amide bonds. The summed E-state index contributed by atoms with van der Waals surface area (Å²) in [5.74, 6) is -0.424. The van der Waals surface area contributed by atoms with E-state index in [1.807, 2.05) is 25.3 Å². The van der Waals surface area contributed by atoms with E-state index >= 15 is 0 Å². The second kappa shape index (κ2) is 16.5. The summed E-state index contributed by atoms with van der Waals surface area (Å²) in [7, 11) is 0. The molecule has 0 fully saturated rings. The lowest BCUT2D eigenvalue weighted by atomic mass is 10.0. The summed E-state index contributed by atoms with van der Waals surface area (Å²) in [5.41, 5.74) is -0.354. The molecule has 0 spiro atoms. The lowest BCUT2D eigenvalue weighted by molar-refractivity contribution is -0.153. The van der Waals surface area contributed by atoms with Crippen molar-refractivity contribution in [1.29, 1.82) is 0 Å². The lowest BCUT2D eigenvalue weighted by Crippen LogP contribution is -2.53. The highest BCUT2D eigenvalue weighted by Crippen LogP contribution is 2.32. The smallest absolute Gasteiger partial charge is 0.329 e. The van der Waals surface area contributed by atoms with Crippen LogP contribution in [-0.2, 0) is 30.5 Å². The van der Waals surface area contributed by atoms with Crippen LogP contribution in [0.2, 0.25) is 0 Å². The van der Waals surface area contributed by atoms with Crippen LogP contribution in [0, 0.1) is 5.92 Å². The van der Waals surface area contributed by atoms with Gasteiger partial charge in [0.2, 0.25) is 11.8 Å². The van der Waals surface area contributed by atoms with Crippen LogP contribution in [0.1, 0.15) is 89.8 Å². The summed E-state index contributed by atoms with van der Waals surface area (Å²) in [5, 5.41) is 9.17. The van der Waals surface area contributed by atoms with Gasteiger partial charge in [0.1, 0.15) is 33.4 Å². The number of thiazole rings is 1. The zero-order valence-electron chi connectivity index (χ0n) is 24.4. The van der Waals surface area contributed by atoms with E-state index in [1.165, 1.54) is 54.1 Å². The van der Waals surface area contributed by atoms with Gasteiger partial charge in [0.25, 0.3) is 0 Å². The summed E-state index contributed by atoms with van der Waals surface area (Å²) < 4.78 is 5.77. The average molecular weight is 623 g/mol. The van der Waals surface area contributed by atoms with Crippen LogP contribution >= 0.6 is 34.9 Å². The molecule has 226 valence electrons. The molecule has 0 aliphatic carbocycles. The number of esters is 1. The van der Waals surface area contributed by atoms with Gasteiger partial charge in [0.05, 0.1) is 13.0 Å². The van der Waals surface area contributed by atoms with Crippen LogP contribution in [-0.4, -0.2) is 62.1 Å². The second-order valence-electron chi connectivity index (χ2n) is 10.9. The summed E-state index contributed by atoms with van der Waals surface area (Å²) in [4.78, 5) is 60.7. The quantitative estimate of drug-likeness (QED) is 0.200. The molecule has 3 atom stereocenters. The maximum absolute atomic E-state index is 13.3. The number of hydrogen-bond donors (Lipinski definition) is 2. The number of hydrogen-bond acceptors (Lipinski definition) is 10. The molecule has 2 N–H and O–H groups in total. The molecule has 0 radical (unpaired) electrons. The first-order chi connectivity index (χ1) is 19.6. The van der Waals surface area contributed by atoms with Crippen molar-refractivity contribution in [2.45, 2.75) is 103 Å². The van der Waals surface area contributed by atoms with Gasteiger partial charge in [0.15, 0.2) is 5.12 Å². The second-order valence-corrected chi connectivity index (χ2v) is 13.9. The van der Waals surface area contributed by atoms with Crippen molar-refractivity contribution >= 4 is 62.8 Å². The molecule has 2 aliphatic rings. The number of unbranched alkanes of at least 4 members (excludes halogenated alkanes) is 4. The highest BCUT2D eigenvalue weighted by Gasteiger charge is 2.41. The molecule has 3 heterocycles.